The topological polar surface area (TPSA) is 75.5 Å². The van der Waals surface area contributed by atoms with Crippen molar-refractivity contribution in [2.24, 2.45) is 0 Å². The van der Waals surface area contributed by atoms with Gasteiger partial charge in [0.25, 0.3) is 6.43 Å². The minimum atomic E-state index is -2.51. The first kappa shape index (κ1) is 25.1. The maximum absolute atomic E-state index is 12.9. The van der Waals surface area contributed by atoms with E-state index in [2.05, 4.69) is 16.8 Å². The summed E-state index contributed by atoms with van der Waals surface area (Å²) in [4.78, 5) is 22.1. The fourth-order valence-electron chi connectivity index (χ4n) is 3.58. The zero-order chi connectivity index (χ0) is 24.5. The largest absolute Gasteiger partial charge is 0.482 e. The van der Waals surface area contributed by atoms with Crippen molar-refractivity contribution >= 4 is 11.8 Å². The first-order chi connectivity index (χ1) is 16.4. The van der Waals surface area contributed by atoms with Crippen LogP contribution in [0.4, 0.5) is 14.6 Å². The number of hydrogen-bond donors (Lipinski definition) is 1. The minimum absolute atomic E-state index is 0.0278. The zero-order valence-electron chi connectivity index (χ0n) is 19.4. The molecule has 0 amide bonds. The van der Waals surface area contributed by atoms with Crippen LogP contribution in [0, 0.1) is 0 Å². The lowest BCUT2D eigenvalue weighted by atomic mass is 10.1. The number of halogens is 2. The molecule has 1 aromatic heterocycles. The van der Waals surface area contributed by atoms with Crippen LogP contribution >= 0.6 is 0 Å². The Kier molecular flexibility index (Phi) is 8.90. The standard InChI is InChI=1S/C26H29F2N3O3/c1-3-5-12-31(16-18-6-11-23(19(4-2)13-18)34-17-25(32)33)24-15-29-14-22(30-24)20-7-9-21(10-8-20)26(27)28/h6-11,13-15,26H,3-5,12,16-17H2,1-2H3,(H,32,33). The van der Waals surface area contributed by atoms with Gasteiger partial charge in [0.15, 0.2) is 6.61 Å². The molecule has 1 heterocycles. The summed E-state index contributed by atoms with van der Waals surface area (Å²) in [5.41, 5.74) is 3.30. The van der Waals surface area contributed by atoms with Gasteiger partial charge >= 0.3 is 5.97 Å². The van der Waals surface area contributed by atoms with Crippen molar-refractivity contribution in [3.05, 3.63) is 71.5 Å². The monoisotopic (exact) mass is 469 g/mol. The smallest absolute Gasteiger partial charge is 0.341 e. The summed E-state index contributed by atoms with van der Waals surface area (Å²) in [5, 5.41) is 8.89. The van der Waals surface area contributed by atoms with Crippen molar-refractivity contribution in [1.82, 2.24) is 9.97 Å². The summed E-state index contributed by atoms with van der Waals surface area (Å²) >= 11 is 0. The Morgan fingerprint density at radius 2 is 1.88 bits per heavy atom. The minimum Gasteiger partial charge on any atom is -0.482 e. The van der Waals surface area contributed by atoms with Crippen molar-refractivity contribution in [1.29, 1.82) is 0 Å². The Labute approximate surface area is 198 Å². The third-order valence-electron chi connectivity index (χ3n) is 5.42. The predicted octanol–water partition coefficient (Wildman–Crippen LogP) is 5.91. The quantitative estimate of drug-likeness (QED) is 0.355. The molecule has 3 aromatic rings. The molecule has 6 nitrogen and oxygen atoms in total. The first-order valence-corrected chi connectivity index (χ1v) is 11.3. The van der Waals surface area contributed by atoms with Gasteiger partial charge in [-0.1, -0.05) is 56.7 Å². The van der Waals surface area contributed by atoms with Gasteiger partial charge in [-0.25, -0.2) is 18.6 Å². The van der Waals surface area contributed by atoms with Gasteiger partial charge in [-0.15, -0.1) is 0 Å². The number of aryl methyl sites for hydroxylation is 1. The fourth-order valence-corrected chi connectivity index (χ4v) is 3.58. The molecule has 0 saturated heterocycles. The Morgan fingerprint density at radius 1 is 1.12 bits per heavy atom. The number of nitrogens with zero attached hydrogens (tertiary/aromatic N) is 3. The summed E-state index contributed by atoms with van der Waals surface area (Å²) in [5.74, 6) is 0.259. The molecular formula is C26H29F2N3O3. The Bertz CT molecular complexity index is 1090. The van der Waals surface area contributed by atoms with Crippen molar-refractivity contribution in [3.63, 3.8) is 0 Å². The molecule has 0 aliphatic heterocycles. The Morgan fingerprint density at radius 3 is 2.53 bits per heavy atom. The lowest BCUT2D eigenvalue weighted by Gasteiger charge is -2.24. The highest BCUT2D eigenvalue weighted by molar-refractivity contribution is 5.68. The SMILES string of the molecule is CCCCN(Cc1ccc(OCC(=O)O)c(CC)c1)c1cncc(-c2ccc(C(F)F)cc2)n1. The number of aliphatic carboxylic acids is 1. The van der Waals surface area contributed by atoms with Gasteiger partial charge in [0.1, 0.15) is 11.6 Å². The number of alkyl halides is 2. The number of hydrogen-bond acceptors (Lipinski definition) is 5. The van der Waals surface area contributed by atoms with Crippen LogP contribution in [0.1, 0.15) is 49.8 Å². The lowest BCUT2D eigenvalue weighted by Crippen LogP contribution is -2.25. The van der Waals surface area contributed by atoms with Crippen molar-refractivity contribution < 1.29 is 23.4 Å². The average Bonchev–Trinajstić information content (AvgIpc) is 2.85. The normalized spacial score (nSPS) is 11.0. The molecule has 34 heavy (non-hydrogen) atoms. The van der Waals surface area contributed by atoms with E-state index in [-0.39, 0.29) is 12.2 Å². The number of carboxylic acids is 1. The summed E-state index contributed by atoms with van der Waals surface area (Å²) < 4.78 is 31.2. The highest BCUT2D eigenvalue weighted by Crippen LogP contribution is 2.26. The second-order valence-corrected chi connectivity index (χ2v) is 7.94. The van der Waals surface area contributed by atoms with Crippen molar-refractivity contribution in [2.45, 2.75) is 46.1 Å². The van der Waals surface area contributed by atoms with E-state index in [1.165, 1.54) is 12.1 Å². The van der Waals surface area contributed by atoms with E-state index in [0.717, 1.165) is 36.1 Å². The number of ether oxygens (including phenoxy) is 1. The predicted molar refractivity (Wildman–Crippen MR) is 127 cm³/mol. The molecule has 0 aliphatic carbocycles. The van der Waals surface area contributed by atoms with E-state index in [1.54, 1.807) is 24.5 Å². The van der Waals surface area contributed by atoms with Gasteiger partial charge in [0, 0.05) is 24.2 Å². The fraction of sp³-hybridized carbons (Fsp3) is 0.346. The van der Waals surface area contributed by atoms with E-state index in [9.17, 15) is 13.6 Å². The summed E-state index contributed by atoms with van der Waals surface area (Å²) in [6, 6.07) is 11.8. The molecule has 3 rings (SSSR count). The van der Waals surface area contributed by atoms with Crippen LogP contribution in [0.5, 0.6) is 5.75 Å². The summed E-state index contributed by atoms with van der Waals surface area (Å²) in [6.45, 7) is 5.10. The van der Waals surface area contributed by atoms with Crippen LogP contribution in [0.3, 0.4) is 0 Å². The Balaban J connectivity index is 1.84. The molecule has 0 aliphatic rings. The molecule has 2 aromatic carbocycles. The van der Waals surface area contributed by atoms with E-state index in [1.807, 2.05) is 25.1 Å². The number of carbonyl (C=O) groups is 1. The van der Waals surface area contributed by atoms with E-state index in [0.29, 0.717) is 30.2 Å². The van der Waals surface area contributed by atoms with Gasteiger partial charge in [0.05, 0.1) is 18.1 Å². The molecule has 0 bridgehead atoms. The first-order valence-electron chi connectivity index (χ1n) is 11.3. The van der Waals surface area contributed by atoms with Gasteiger partial charge in [-0.3, -0.25) is 4.98 Å². The zero-order valence-corrected chi connectivity index (χ0v) is 19.4. The van der Waals surface area contributed by atoms with E-state index >= 15 is 0 Å². The van der Waals surface area contributed by atoms with Crippen LogP contribution in [0.2, 0.25) is 0 Å². The maximum Gasteiger partial charge on any atom is 0.341 e. The molecular weight excluding hydrogens is 440 g/mol. The van der Waals surface area contributed by atoms with E-state index in [4.69, 9.17) is 14.8 Å². The number of carboxylic acid groups (broad SMARTS) is 1. The van der Waals surface area contributed by atoms with Crippen LogP contribution in [0.25, 0.3) is 11.3 Å². The highest BCUT2D eigenvalue weighted by Gasteiger charge is 2.14. The molecule has 180 valence electrons. The Hall–Kier alpha value is -3.55. The maximum atomic E-state index is 12.9. The number of unbranched alkanes of at least 4 members (excludes halogenated alkanes) is 1. The number of rotatable bonds is 12. The lowest BCUT2D eigenvalue weighted by molar-refractivity contribution is -0.139. The molecule has 0 fully saturated rings. The number of anilines is 1. The van der Waals surface area contributed by atoms with Gasteiger partial charge in [-0.05, 0) is 30.0 Å². The van der Waals surface area contributed by atoms with Crippen LogP contribution < -0.4 is 9.64 Å². The average molecular weight is 470 g/mol. The van der Waals surface area contributed by atoms with Gasteiger partial charge in [0.2, 0.25) is 0 Å². The molecule has 0 radical (unpaired) electrons. The number of aromatic nitrogens is 2. The van der Waals surface area contributed by atoms with Gasteiger partial charge in [-0.2, -0.15) is 0 Å². The van der Waals surface area contributed by atoms with Crippen LogP contribution in [-0.4, -0.2) is 34.2 Å². The van der Waals surface area contributed by atoms with Crippen LogP contribution in [0.15, 0.2) is 54.9 Å². The molecule has 8 heteroatoms. The van der Waals surface area contributed by atoms with Gasteiger partial charge < -0.3 is 14.7 Å². The second kappa shape index (κ2) is 12.1. The van der Waals surface area contributed by atoms with E-state index < -0.39 is 12.4 Å². The summed E-state index contributed by atoms with van der Waals surface area (Å²) in [6.07, 6.45) is 3.52. The third-order valence-corrected chi connectivity index (χ3v) is 5.42. The second-order valence-electron chi connectivity index (χ2n) is 7.94. The van der Waals surface area contributed by atoms with Crippen molar-refractivity contribution in [2.75, 3.05) is 18.1 Å². The molecule has 0 spiro atoms. The number of benzene rings is 2. The molecule has 0 atom stereocenters. The summed E-state index contributed by atoms with van der Waals surface area (Å²) in [7, 11) is 0. The highest BCUT2D eigenvalue weighted by atomic mass is 19.3. The third kappa shape index (κ3) is 6.73. The molecule has 0 saturated carbocycles. The van der Waals surface area contributed by atoms with Crippen molar-refractivity contribution in [3.8, 4) is 17.0 Å². The molecule has 1 N–H and O–H groups in total. The van der Waals surface area contributed by atoms with Crippen LogP contribution in [-0.2, 0) is 17.8 Å². The molecule has 0 unspecified atom stereocenters.